The zero-order chi connectivity index (χ0) is 23.4. The van der Waals surface area contributed by atoms with E-state index in [1.807, 2.05) is 0 Å². The number of hydrogen-bond donors (Lipinski definition) is 1. The highest BCUT2D eigenvalue weighted by molar-refractivity contribution is 7.89. The number of rotatable bonds is 8. The second-order valence-electron chi connectivity index (χ2n) is 8.87. The molecule has 2 aromatic rings. The number of piperidine rings is 1. The van der Waals surface area contributed by atoms with Crippen LogP contribution in [-0.4, -0.2) is 58.0 Å². The van der Waals surface area contributed by atoms with Crippen LogP contribution >= 0.6 is 0 Å². The summed E-state index contributed by atoms with van der Waals surface area (Å²) >= 11 is 0. The fourth-order valence-electron chi connectivity index (χ4n) is 4.83. The molecule has 1 amide bonds. The number of fused-ring (bicyclic) bond motifs is 1. The highest BCUT2D eigenvalue weighted by Gasteiger charge is 2.32. The predicted molar refractivity (Wildman–Crippen MR) is 129 cm³/mol. The van der Waals surface area contributed by atoms with Crippen molar-refractivity contribution in [1.82, 2.24) is 9.62 Å². The van der Waals surface area contributed by atoms with Gasteiger partial charge in [-0.05, 0) is 68.5 Å². The summed E-state index contributed by atoms with van der Waals surface area (Å²) in [7, 11) is -2.01. The second kappa shape index (κ2) is 10.1. The lowest BCUT2D eigenvalue weighted by Crippen LogP contribution is -2.43. The van der Waals surface area contributed by atoms with Gasteiger partial charge in [0.2, 0.25) is 15.9 Å². The zero-order valence-corrected chi connectivity index (χ0v) is 20.2. The van der Waals surface area contributed by atoms with Gasteiger partial charge in [0.1, 0.15) is 5.75 Å². The average molecular weight is 472 g/mol. The van der Waals surface area contributed by atoms with Crippen LogP contribution in [0.25, 0.3) is 0 Å². The summed E-state index contributed by atoms with van der Waals surface area (Å²) in [5, 5.41) is 3.07. The van der Waals surface area contributed by atoms with E-state index in [4.69, 9.17) is 4.74 Å². The van der Waals surface area contributed by atoms with Gasteiger partial charge in [-0.1, -0.05) is 18.2 Å². The monoisotopic (exact) mass is 471 g/mol. The molecule has 0 spiro atoms. The van der Waals surface area contributed by atoms with E-state index in [2.05, 4.69) is 41.4 Å². The number of amides is 1. The maximum atomic E-state index is 12.9. The molecule has 178 valence electrons. The number of methoxy groups -OCH3 is 1. The summed E-state index contributed by atoms with van der Waals surface area (Å²) < 4.78 is 32.4. The summed E-state index contributed by atoms with van der Waals surface area (Å²) in [6.07, 6.45) is 3.03. The van der Waals surface area contributed by atoms with Gasteiger partial charge in [-0.25, -0.2) is 8.42 Å². The summed E-state index contributed by atoms with van der Waals surface area (Å²) in [6, 6.07) is 15.4. The van der Waals surface area contributed by atoms with Gasteiger partial charge in [-0.15, -0.1) is 0 Å². The number of ether oxygens (including phenoxy) is 1. The molecule has 1 atom stereocenters. The summed E-state index contributed by atoms with van der Waals surface area (Å²) in [5.74, 6) is 0.512. The van der Waals surface area contributed by atoms with Crippen molar-refractivity contribution in [1.29, 1.82) is 0 Å². The molecule has 0 radical (unpaired) electrons. The first kappa shape index (κ1) is 23.6. The zero-order valence-electron chi connectivity index (χ0n) is 19.4. The Morgan fingerprint density at radius 3 is 2.48 bits per heavy atom. The van der Waals surface area contributed by atoms with Gasteiger partial charge in [-0.2, -0.15) is 4.31 Å². The molecule has 2 aliphatic heterocycles. The molecule has 0 aromatic heterocycles. The number of hydrogen-bond acceptors (Lipinski definition) is 5. The molecular weight excluding hydrogens is 438 g/mol. The molecule has 2 heterocycles. The number of carbonyl (C=O) groups is 1. The molecule has 1 saturated heterocycles. The highest BCUT2D eigenvalue weighted by atomic mass is 32.2. The summed E-state index contributed by atoms with van der Waals surface area (Å²) in [6.45, 7) is 4.50. The van der Waals surface area contributed by atoms with Crippen molar-refractivity contribution in [2.75, 3.05) is 38.2 Å². The van der Waals surface area contributed by atoms with Gasteiger partial charge in [0, 0.05) is 43.8 Å². The lowest BCUT2D eigenvalue weighted by molar-refractivity contribution is -0.126. The first-order chi connectivity index (χ1) is 15.9. The van der Waals surface area contributed by atoms with Crippen molar-refractivity contribution in [2.45, 2.75) is 43.5 Å². The van der Waals surface area contributed by atoms with E-state index in [1.165, 1.54) is 15.6 Å². The van der Waals surface area contributed by atoms with E-state index in [-0.39, 0.29) is 16.7 Å². The third-order valence-electron chi connectivity index (χ3n) is 6.75. The van der Waals surface area contributed by atoms with Crippen molar-refractivity contribution in [2.24, 2.45) is 5.92 Å². The second-order valence-corrected chi connectivity index (χ2v) is 10.8. The van der Waals surface area contributed by atoms with Crippen LogP contribution in [0.5, 0.6) is 5.75 Å². The summed E-state index contributed by atoms with van der Waals surface area (Å²) in [4.78, 5) is 15.3. The van der Waals surface area contributed by atoms with Crippen LogP contribution in [0.3, 0.4) is 0 Å². The molecule has 7 nitrogen and oxygen atoms in total. The van der Waals surface area contributed by atoms with Crippen LogP contribution in [0.4, 0.5) is 5.69 Å². The minimum absolute atomic E-state index is 0.0337. The van der Waals surface area contributed by atoms with Crippen molar-refractivity contribution in [3.8, 4) is 5.75 Å². The van der Waals surface area contributed by atoms with E-state index in [0.717, 1.165) is 19.4 Å². The van der Waals surface area contributed by atoms with Gasteiger partial charge in [0.25, 0.3) is 0 Å². The molecule has 2 aliphatic rings. The number of anilines is 1. The van der Waals surface area contributed by atoms with Crippen LogP contribution in [-0.2, 0) is 21.2 Å². The fourth-order valence-corrected chi connectivity index (χ4v) is 6.30. The van der Waals surface area contributed by atoms with Gasteiger partial charge in [0.05, 0.1) is 12.0 Å². The van der Waals surface area contributed by atoms with Gasteiger partial charge in [-0.3, -0.25) is 4.79 Å². The minimum atomic E-state index is -3.56. The van der Waals surface area contributed by atoms with Crippen molar-refractivity contribution in [3.05, 3.63) is 54.1 Å². The van der Waals surface area contributed by atoms with Crippen LogP contribution < -0.4 is 15.0 Å². The standard InChI is InChI=1S/C25H33N3O4S/c1-19-18-21-6-3-4-7-24(21)28(19)15-5-14-26-25(29)20-12-16-27(17-13-20)33(30,31)23-10-8-22(32-2)9-11-23/h3-4,6-11,19-20H,5,12-18H2,1-2H3,(H,26,29). The minimum Gasteiger partial charge on any atom is -0.497 e. The normalized spacial score (nSPS) is 19.3. The third-order valence-corrected chi connectivity index (χ3v) is 8.66. The van der Waals surface area contributed by atoms with Crippen molar-refractivity contribution >= 4 is 21.6 Å². The molecule has 0 saturated carbocycles. The third kappa shape index (κ3) is 5.17. The van der Waals surface area contributed by atoms with Crippen LogP contribution in [0.2, 0.25) is 0 Å². The molecule has 4 rings (SSSR count). The maximum absolute atomic E-state index is 12.9. The Morgan fingerprint density at radius 1 is 1.09 bits per heavy atom. The number of nitrogens with one attached hydrogen (secondary N) is 1. The Kier molecular flexibility index (Phi) is 7.24. The number of nitrogens with zero attached hydrogens (tertiary/aromatic N) is 2. The molecule has 8 heteroatoms. The molecule has 1 fully saturated rings. The Labute approximate surface area is 196 Å². The number of para-hydroxylation sites is 1. The van der Waals surface area contributed by atoms with E-state index in [9.17, 15) is 13.2 Å². The van der Waals surface area contributed by atoms with Crippen LogP contribution in [0, 0.1) is 5.92 Å². The molecule has 0 bridgehead atoms. The number of carbonyl (C=O) groups excluding carboxylic acids is 1. The van der Waals surface area contributed by atoms with E-state index in [1.54, 1.807) is 31.4 Å². The van der Waals surface area contributed by atoms with Gasteiger partial charge < -0.3 is 15.0 Å². The summed E-state index contributed by atoms with van der Waals surface area (Å²) in [5.41, 5.74) is 2.70. The Balaban J connectivity index is 1.22. The van der Waals surface area contributed by atoms with Crippen LogP contribution in [0.1, 0.15) is 31.7 Å². The molecule has 1 N–H and O–H groups in total. The maximum Gasteiger partial charge on any atom is 0.243 e. The quantitative estimate of drug-likeness (QED) is 0.599. The van der Waals surface area contributed by atoms with Gasteiger partial charge >= 0.3 is 0 Å². The Morgan fingerprint density at radius 2 is 1.79 bits per heavy atom. The van der Waals surface area contributed by atoms with Crippen molar-refractivity contribution < 1.29 is 17.9 Å². The van der Waals surface area contributed by atoms with Crippen molar-refractivity contribution in [3.63, 3.8) is 0 Å². The topological polar surface area (TPSA) is 79.0 Å². The van der Waals surface area contributed by atoms with Crippen LogP contribution in [0.15, 0.2) is 53.4 Å². The fraction of sp³-hybridized carbons (Fsp3) is 0.480. The first-order valence-electron chi connectivity index (χ1n) is 11.7. The Hall–Kier alpha value is -2.58. The average Bonchev–Trinajstić information content (AvgIpc) is 3.16. The Bertz CT molecular complexity index is 1060. The largest absolute Gasteiger partial charge is 0.497 e. The molecule has 2 aromatic carbocycles. The van der Waals surface area contributed by atoms with E-state index < -0.39 is 10.0 Å². The highest BCUT2D eigenvalue weighted by Crippen LogP contribution is 2.31. The first-order valence-corrected chi connectivity index (χ1v) is 13.1. The lowest BCUT2D eigenvalue weighted by atomic mass is 9.97. The molecular formula is C25H33N3O4S. The smallest absolute Gasteiger partial charge is 0.243 e. The number of benzene rings is 2. The molecule has 33 heavy (non-hydrogen) atoms. The lowest BCUT2D eigenvalue weighted by Gasteiger charge is -2.30. The SMILES string of the molecule is COc1ccc(S(=O)(=O)N2CCC(C(=O)NCCCN3c4ccccc4CC3C)CC2)cc1. The number of sulfonamides is 1. The molecule has 0 aliphatic carbocycles. The molecule has 1 unspecified atom stereocenters. The van der Waals surface area contributed by atoms with E-state index in [0.29, 0.717) is 44.3 Å². The van der Waals surface area contributed by atoms with Gasteiger partial charge in [0.15, 0.2) is 0 Å². The predicted octanol–water partition coefficient (Wildman–Crippen LogP) is 3.05. The van der Waals surface area contributed by atoms with E-state index >= 15 is 0 Å².